The number of para-hydroxylation sites is 1. The van der Waals surface area contributed by atoms with Crippen LogP contribution in [0.4, 0.5) is 14.5 Å². The molecule has 1 N–H and O–H groups in total. The average Bonchev–Trinajstić information content (AvgIpc) is 2.59. The summed E-state index contributed by atoms with van der Waals surface area (Å²) in [5, 5.41) is 2.86. The van der Waals surface area contributed by atoms with Crippen molar-refractivity contribution >= 4 is 21.6 Å². The van der Waals surface area contributed by atoms with Crippen molar-refractivity contribution in [3.8, 4) is 0 Å². The number of carbonyl (C=O) groups excluding carboxylic acids is 1. The number of sulfonamides is 1. The van der Waals surface area contributed by atoms with Crippen LogP contribution in [0, 0.1) is 17.6 Å². The highest BCUT2D eigenvalue weighted by molar-refractivity contribution is 7.92. The first-order valence-electron chi connectivity index (χ1n) is 9.39. The van der Waals surface area contributed by atoms with Gasteiger partial charge in [0.25, 0.3) is 0 Å². The Morgan fingerprint density at radius 1 is 1.19 bits per heavy atom. The summed E-state index contributed by atoms with van der Waals surface area (Å²) in [5.41, 5.74) is -0.606. The molecule has 1 amide bonds. The Morgan fingerprint density at radius 3 is 2.33 bits per heavy atom. The molecule has 0 fully saturated rings. The van der Waals surface area contributed by atoms with Gasteiger partial charge in [-0.2, -0.15) is 0 Å². The Bertz CT molecular complexity index is 691. The second-order valence-electron chi connectivity index (χ2n) is 6.73. The molecule has 0 radical (unpaired) electrons. The molecule has 5 nitrogen and oxygen atoms in total. The standard InChI is InChI=1S/C19H30F2N2O3S/c1-4-6-9-15(5-2)14-22-18(24)12-8-13-23(27(3,25)26)19-16(20)10-7-11-17(19)21/h7,10-11,15H,4-6,8-9,12-14H2,1-3H3,(H,22,24)/t15-/m0/s1. The van der Waals surface area contributed by atoms with Crippen molar-refractivity contribution in [2.45, 2.75) is 52.4 Å². The van der Waals surface area contributed by atoms with Gasteiger partial charge in [-0.05, 0) is 30.9 Å². The molecule has 0 heterocycles. The molecule has 0 bridgehead atoms. The number of nitrogens with zero attached hydrogens (tertiary/aromatic N) is 1. The fraction of sp³-hybridized carbons (Fsp3) is 0.632. The van der Waals surface area contributed by atoms with Gasteiger partial charge in [-0.25, -0.2) is 17.2 Å². The van der Waals surface area contributed by atoms with Crippen LogP contribution in [0.15, 0.2) is 18.2 Å². The summed E-state index contributed by atoms with van der Waals surface area (Å²) in [6.45, 7) is 4.63. The van der Waals surface area contributed by atoms with Crippen LogP contribution < -0.4 is 9.62 Å². The second-order valence-corrected chi connectivity index (χ2v) is 8.64. The van der Waals surface area contributed by atoms with Crippen LogP contribution >= 0.6 is 0 Å². The van der Waals surface area contributed by atoms with Crippen LogP contribution in [0.1, 0.15) is 52.4 Å². The molecule has 154 valence electrons. The number of carbonyl (C=O) groups is 1. The number of benzene rings is 1. The number of halogens is 2. The summed E-state index contributed by atoms with van der Waals surface area (Å²) in [6.07, 6.45) is 5.41. The lowest BCUT2D eigenvalue weighted by atomic mass is 9.99. The quantitative estimate of drug-likeness (QED) is 0.576. The molecule has 0 aliphatic carbocycles. The van der Waals surface area contributed by atoms with E-state index in [0.717, 1.165) is 44.1 Å². The Morgan fingerprint density at radius 2 is 1.81 bits per heavy atom. The minimum atomic E-state index is -3.88. The number of hydrogen-bond acceptors (Lipinski definition) is 3. The highest BCUT2D eigenvalue weighted by Gasteiger charge is 2.24. The molecular formula is C19H30F2N2O3S. The van der Waals surface area contributed by atoms with Crippen molar-refractivity contribution in [2.75, 3.05) is 23.7 Å². The molecule has 0 aliphatic rings. The van der Waals surface area contributed by atoms with Crippen molar-refractivity contribution in [2.24, 2.45) is 5.92 Å². The molecular weight excluding hydrogens is 374 g/mol. The summed E-state index contributed by atoms with van der Waals surface area (Å²) in [6, 6.07) is 3.18. The van der Waals surface area contributed by atoms with Crippen LogP contribution in [-0.4, -0.2) is 33.7 Å². The minimum absolute atomic E-state index is 0.0896. The molecule has 0 saturated heterocycles. The van der Waals surface area contributed by atoms with Gasteiger partial charge in [-0.3, -0.25) is 9.10 Å². The molecule has 27 heavy (non-hydrogen) atoms. The van der Waals surface area contributed by atoms with Crippen LogP contribution in [0.25, 0.3) is 0 Å². The molecule has 0 spiro atoms. The molecule has 1 aromatic rings. The molecule has 1 rings (SSSR count). The summed E-state index contributed by atoms with van der Waals surface area (Å²) >= 11 is 0. The first-order chi connectivity index (χ1) is 12.7. The Hall–Kier alpha value is -1.70. The van der Waals surface area contributed by atoms with Crippen molar-refractivity contribution < 1.29 is 22.0 Å². The lowest BCUT2D eigenvalue weighted by molar-refractivity contribution is -0.121. The fourth-order valence-corrected chi connectivity index (χ4v) is 3.81. The zero-order chi connectivity index (χ0) is 20.4. The van der Waals surface area contributed by atoms with E-state index in [0.29, 0.717) is 16.8 Å². The summed E-state index contributed by atoms with van der Waals surface area (Å²) in [7, 11) is -3.88. The second kappa shape index (κ2) is 11.2. The van der Waals surface area contributed by atoms with E-state index in [4.69, 9.17) is 0 Å². The fourth-order valence-electron chi connectivity index (χ4n) is 2.84. The summed E-state index contributed by atoms with van der Waals surface area (Å²) in [4.78, 5) is 12.0. The molecule has 8 heteroatoms. The zero-order valence-electron chi connectivity index (χ0n) is 16.3. The predicted octanol–water partition coefficient (Wildman–Crippen LogP) is 3.84. The van der Waals surface area contributed by atoms with Gasteiger partial charge in [0.15, 0.2) is 11.6 Å². The molecule has 0 saturated carbocycles. The van der Waals surface area contributed by atoms with Crippen LogP contribution in [0.3, 0.4) is 0 Å². The average molecular weight is 405 g/mol. The number of hydrogen-bond donors (Lipinski definition) is 1. The SMILES string of the molecule is CCCC[C@H](CC)CNC(=O)CCCN(c1c(F)cccc1F)S(C)(=O)=O. The zero-order valence-corrected chi connectivity index (χ0v) is 17.1. The van der Waals surface area contributed by atoms with E-state index in [1.165, 1.54) is 6.07 Å². The largest absolute Gasteiger partial charge is 0.356 e. The van der Waals surface area contributed by atoms with E-state index >= 15 is 0 Å². The molecule has 0 aliphatic heterocycles. The van der Waals surface area contributed by atoms with E-state index in [-0.39, 0.29) is 25.3 Å². The predicted molar refractivity (Wildman–Crippen MR) is 104 cm³/mol. The molecule has 0 unspecified atom stereocenters. The van der Waals surface area contributed by atoms with Crippen LogP contribution in [-0.2, 0) is 14.8 Å². The smallest absolute Gasteiger partial charge is 0.232 e. The molecule has 0 aromatic heterocycles. The monoisotopic (exact) mass is 404 g/mol. The Balaban J connectivity index is 2.62. The lowest BCUT2D eigenvalue weighted by Gasteiger charge is -2.23. The lowest BCUT2D eigenvalue weighted by Crippen LogP contribution is -2.34. The number of rotatable bonds is 12. The first kappa shape index (κ1) is 23.3. The van der Waals surface area contributed by atoms with E-state index < -0.39 is 27.3 Å². The third-order valence-corrected chi connectivity index (χ3v) is 5.65. The summed E-state index contributed by atoms with van der Waals surface area (Å²) < 4.78 is 52.5. The minimum Gasteiger partial charge on any atom is -0.356 e. The van der Waals surface area contributed by atoms with Gasteiger partial charge in [-0.1, -0.05) is 39.2 Å². The van der Waals surface area contributed by atoms with Gasteiger partial charge in [0.2, 0.25) is 15.9 Å². The van der Waals surface area contributed by atoms with Gasteiger partial charge in [-0.15, -0.1) is 0 Å². The maximum Gasteiger partial charge on any atom is 0.232 e. The van der Waals surface area contributed by atoms with E-state index in [2.05, 4.69) is 19.2 Å². The van der Waals surface area contributed by atoms with Crippen molar-refractivity contribution in [1.29, 1.82) is 0 Å². The third kappa shape index (κ3) is 7.82. The normalized spacial score (nSPS) is 12.6. The van der Waals surface area contributed by atoms with Gasteiger partial charge < -0.3 is 5.32 Å². The van der Waals surface area contributed by atoms with E-state index in [1.54, 1.807) is 0 Å². The number of anilines is 1. The maximum atomic E-state index is 13.9. The first-order valence-corrected chi connectivity index (χ1v) is 11.2. The topological polar surface area (TPSA) is 66.5 Å². The van der Waals surface area contributed by atoms with Gasteiger partial charge in [0.05, 0.1) is 6.26 Å². The van der Waals surface area contributed by atoms with Crippen molar-refractivity contribution in [1.82, 2.24) is 5.32 Å². The molecule has 1 aromatic carbocycles. The maximum absolute atomic E-state index is 13.9. The third-order valence-electron chi connectivity index (χ3n) is 4.48. The number of nitrogens with one attached hydrogen (secondary N) is 1. The van der Waals surface area contributed by atoms with E-state index in [1.807, 2.05) is 0 Å². The number of amides is 1. The number of unbranched alkanes of at least 4 members (excludes halogenated alkanes) is 1. The highest BCUT2D eigenvalue weighted by Crippen LogP contribution is 2.25. The van der Waals surface area contributed by atoms with Gasteiger partial charge in [0.1, 0.15) is 5.69 Å². The van der Waals surface area contributed by atoms with Crippen molar-refractivity contribution in [3.05, 3.63) is 29.8 Å². The summed E-state index contributed by atoms with van der Waals surface area (Å²) in [5.74, 6) is -1.67. The van der Waals surface area contributed by atoms with Crippen LogP contribution in [0.2, 0.25) is 0 Å². The Kier molecular flexibility index (Phi) is 9.69. The van der Waals surface area contributed by atoms with Gasteiger partial charge >= 0.3 is 0 Å². The van der Waals surface area contributed by atoms with Crippen molar-refractivity contribution in [3.63, 3.8) is 0 Å². The van der Waals surface area contributed by atoms with Crippen LogP contribution in [0.5, 0.6) is 0 Å². The molecule has 1 atom stereocenters. The van der Waals surface area contributed by atoms with Gasteiger partial charge in [0, 0.05) is 19.5 Å². The Labute approximate surface area is 161 Å². The highest BCUT2D eigenvalue weighted by atomic mass is 32.2. The van der Waals surface area contributed by atoms with E-state index in [9.17, 15) is 22.0 Å².